The van der Waals surface area contributed by atoms with Crippen LogP contribution in [0.5, 0.6) is 0 Å². The highest BCUT2D eigenvalue weighted by Gasteiger charge is 2.11. The third kappa shape index (κ3) is 1.84. The van der Waals surface area contributed by atoms with E-state index in [1.807, 2.05) is 65.2 Å². The van der Waals surface area contributed by atoms with Crippen molar-refractivity contribution < 1.29 is 0 Å². The summed E-state index contributed by atoms with van der Waals surface area (Å²) >= 11 is 0. The molecule has 4 aromatic rings. The molecular weight excluding hydrogens is 262 g/mol. The zero-order valence-corrected chi connectivity index (χ0v) is 11.3. The molecule has 0 saturated carbocycles. The Hall–Kier alpha value is -2.88. The molecule has 0 aliphatic rings. The maximum absolute atomic E-state index is 12.7. The van der Waals surface area contributed by atoms with Crippen molar-refractivity contribution in [1.82, 2.24) is 14.0 Å². The first-order valence-electron chi connectivity index (χ1n) is 6.83. The number of nitrogens with zero attached hydrogens (tertiary/aromatic N) is 3. The van der Waals surface area contributed by atoms with E-state index in [-0.39, 0.29) is 5.56 Å². The Morgan fingerprint density at radius 1 is 0.905 bits per heavy atom. The number of fused-ring (bicyclic) bond motifs is 3. The first-order valence-corrected chi connectivity index (χ1v) is 6.83. The molecule has 0 unspecified atom stereocenters. The molecule has 4 heteroatoms. The van der Waals surface area contributed by atoms with Crippen LogP contribution in [0.15, 0.2) is 71.8 Å². The van der Waals surface area contributed by atoms with E-state index in [2.05, 4.69) is 4.98 Å². The Kier molecular flexibility index (Phi) is 2.60. The number of aromatic nitrogens is 3. The van der Waals surface area contributed by atoms with Gasteiger partial charge >= 0.3 is 0 Å². The maximum atomic E-state index is 12.7. The Balaban J connectivity index is 2.06. The van der Waals surface area contributed by atoms with Gasteiger partial charge in [-0.15, -0.1) is 0 Å². The smallest absolute Gasteiger partial charge is 0.275 e. The van der Waals surface area contributed by atoms with Crippen LogP contribution in [0.2, 0.25) is 0 Å². The van der Waals surface area contributed by atoms with Gasteiger partial charge in [-0.1, -0.05) is 30.3 Å². The molecular formula is C17H13N3O. The molecule has 0 N–H and O–H groups in total. The minimum Gasteiger partial charge on any atom is -0.299 e. The van der Waals surface area contributed by atoms with Gasteiger partial charge in [0.1, 0.15) is 5.52 Å². The molecule has 0 aliphatic heterocycles. The molecule has 0 bridgehead atoms. The summed E-state index contributed by atoms with van der Waals surface area (Å²) in [6.45, 7) is 0.545. The first-order chi connectivity index (χ1) is 10.3. The van der Waals surface area contributed by atoms with Gasteiger partial charge in [0, 0.05) is 12.4 Å². The Morgan fingerprint density at radius 3 is 2.57 bits per heavy atom. The van der Waals surface area contributed by atoms with Crippen LogP contribution in [0.4, 0.5) is 0 Å². The summed E-state index contributed by atoms with van der Waals surface area (Å²) in [4.78, 5) is 17.2. The van der Waals surface area contributed by atoms with Crippen LogP contribution in [-0.2, 0) is 6.54 Å². The van der Waals surface area contributed by atoms with E-state index in [0.29, 0.717) is 12.1 Å². The van der Waals surface area contributed by atoms with E-state index in [0.717, 1.165) is 16.7 Å². The van der Waals surface area contributed by atoms with Crippen LogP contribution in [0.3, 0.4) is 0 Å². The molecule has 0 fully saturated rings. The zero-order chi connectivity index (χ0) is 14.2. The molecule has 0 radical (unpaired) electrons. The second-order valence-corrected chi connectivity index (χ2v) is 4.99. The van der Waals surface area contributed by atoms with Gasteiger partial charge in [-0.3, -0.25) is 13.8 Å². The van der Waals surface area contributed by atoms with Crippen LogP contribution >= 0.6 is 0 Å². The number of pyridine rings is 1. The van der Waals surface area contributed by atoms with Gasteiger partial charge in [-0.25, -0.2) is 4.98 Å². The minimum absolute atomic E-state index is 0.00403. The molecule has 0 aliphatic carbocycles. The third-order valence-corrected chi connectivity index (χ3v) is 3.68. The second-order valence-electron chi connectivity index (χ2n) is 4.99. The van der Waals surface area contributed by atoms with Crippen molar-refractivity contribution in [3.05, 3.63) is 82.9 Å². The predicted octanol–water partition coefficient (Wildman–Crippen LogP) is 2.70. The molecule has 3 heterocycles. The van der Waals surface area contributed by atoms with Crippen molar-refractivity contribution in [1.29, 1.82) is 0 Å². The van der Waals surface area contributed by atoms with Gasteiger partial charge in [-0.2, -0.15) is 0 Å². The lowest BCUT2D eigenvalue weighted by molar-refractivity contribution is 0.790. The fourth-order valence-corrected chi connectivity index (χ4v) is 2.70. The lowest BCUT2D eigenvalue weighted by Gasteiger charge is -2.11. The summed E-state index contributed by atoms with van der Waals surface area (Å²) in [7, 11) is 0. The van der Waals surface area contributed by atoms with E-state index in [1.165, 1.54) is 0 Å². The molecule has 0 atom stereocenters. The third-order valence-electron chi connectivity index (χ3n) is 3.68. The largest absolute Gasteiger partial charge is 0.299 e. The van der Waals surface area contributed by atoms with Crippen molar-refractivity contribution in [3.63, 3.8) is 0 Å². The summed E-state index contributed by atoms with van der Waals surface area (Å²) in [5.41, 5.74) is 3.39. The monoisotopic (exact) mass is 275 g/mol. The molecule has 4 nitrogen and oxygen atoms in total. The number of benzene rings is 1. The van der Waals surface area contributed by atoms with Gasteiger partial charge in [0.25, 0.3) is 5.56 Å². The summed E-state index contributed by atoms with van der Waals surface area (Å²) in [6.07, 6.45) is 3.62. The highest BCUT2D eigenvalue weighted by Crippen LogP contribution is 2.14. The fourth-order valence-electron chi connectivity index (χ4n) is 2.70. The van der Waals surface area contributed by atoms with Gasteiger partial charge in [0.15, 0.2) is 5.65 Å². The molecule has 21 heavy (non-hydrogen) atoms. The normalized spacial score (nSPS) is 11.2. The lowest BCUT2D eigenvalue weighted by atomic mass is 10.2. The summed E-state index contributed by atoms with van der Waals surface area (Å²) < 4.78 is 3.63. The van der Waals surface area contributed by atoms with E-state index in [1.54, 1.807) is 10.8 Å². The Morgan fingerprint density at radius 2 is 1.71 bits per heavy atom. The van der Waals surface area contributed by atoms with Crippen molar-refractivity contribution in [2.24, 2.45) is 0 Å². The topological polar surface area (TPSA) is 39.3 Å². The Bertz CT molecular complexity index is 983. The van der Waals surface area contributed by atoms with E-state index in [4.69, 9.17) is 0 Å². The van der Waals surface area contributed by atoms with Crippen LogP contribution in [0.1, 0.15) is 5.56 Å². The molecule has 3 aromatic heterocycles. The SMILES string of the molecule is O=c1c2cccn2c2ncccc2n1Cc1ccccc1. The number of rotatable bonds is 2. The molecule has 1 aromatic carbocycles. The summed E-state index contributed by atoms with van der Waals surface area (Å²) in [6, 6.07) is 17.5. The van der Waals surface area contributed by atoms with Crippen LogP contribution in [-0.4, -0.2) is 14.0 Å². The standard InChI is InChI=1S/C17H13N3O/c21-17-15-9-5-11-19(15)16-14(8-4-10-18-16)20(17)12-13-6-2-1-3-7-13/h1-11H,12H2. The highest BCUT2D eigenvalue weighted by atomic mass is 16.1. The molecule has 0 amide bonds. The minimum atomic E-state index is 0.00403. The predicted molar refractivity (Wildman–Crippen MR) is 82.5 cm³/mol. The highest BCUT2D eigenvalue weighted by molar-refractivity contribution is 5.75. The summed E-state index contributed by atoms with van der Waals surface area (Å²) in [5, 5.41) is 0. The second kappa shape index (κ2) is 4.59. The van der Waals surface area contributed by atoms with Crippen molar-refractivity contribution in [3.8, 4) is 0 Å². The summed E-state index contributed by atoms with van der Waals surface area (Å²) in [5.74, 6) is 0. The quantitative estimate of drug-likeness (QED) is 0.564. The van der Waals surface area contributed by atoms with Crippen LogP contribution < -0.4 is 5.56 Å². The van der Waals surface area contributed by atoms with Gasteiger partial charge < -0.3 is 0 Å². The van der Waals surface area contributed by atoms with Gasteiger partial charge in [0.2, 0.25) is 0 Å². The van der Waals surface area contributed by atoms with Crippen molar-refractivity contribution in [2.45, 2.75) is 6.54 Å². The van der Waals surface area contributed by atoms with E-state index < -0.39 is 0 Å². The van der Waals surface area contributed by atoms with Crippen LogP contribution in [0, 0.1) is 0 Å². The molecule has 0 saturated heterocycles. The average Bonchev–Trinajstić information content (AvgIpc) is 3.02. The molecule has 0 spiro atoms. The fraction of sp³-hybridized carbons (Fsp3) is 0.0588. The average molecular weight is 275 g/mol. The van der Waals surface area contributed by atoms with Gasteiger partial charge in [0.05, 0.1) is 12.1 Å². The van der Waals surface area contributed by atoms with Crippen molar-refractivity contribution >= 4 is 16.7 Å². The first kappa shape index (κ1) is 11.9. The van der Waals surface area contributed by atoms with E-state index >= 15 is 0 Å². The Labute approximate surface area is 120 Å². The van der Waals surface area contributed by atoms with Gasteiger partial charge in [-0.05, 0) is 29.8 Å². The van der Waals surface area contributed by atoms with E-state index in [9.17, 15) is 4.79 Å². The van der Waals surface area contributed by atoms with Crippen molar-refractivity contribution in [2.75, 3.05) is 0 Å². The molecule has 4 rings (SSSR count). The number of hydrogen-bond acceptors (Lipinski definition) is 2. The maximum Gasteiger partial charge on any atom is 0.275 e. The zero-order valence-electron chi connectivity index (χ0n) is 11.3. The number of hydrogen-bond donors (Lipinski definition) is 0. The van der Waals surface area contributed by atoms with Crippen LogP contribution in [0.25, 0.3) is 16.7 Å². The lowest BCUT2D eigenvalue weighted by Crippen LogP contribution is -2.23. The molecule has 102 valence electrons.